The quantitative estimate of drug-likeness (QED) is 0.554. The summed E-state index contributed by atoms with van der Waals surface area (Å²) < 4.78 is 1.82. The third-order valence-electron chi connectivity index (χ3n) is 4.43. The maximum absolute atomic E-state index is 4.45. The lowest BCUT2D eigenvalue weighted by atomic mass is 10.1. The van der Waals surface area contributed by atoms with E-state index in [0.29, 0.717) is 0 Å². The number of allylic oxidation sites excluding steroid dienone is 7. The Morgan fingerprint density at radius 3 is 3.00 bits per heavy atom. The van der Waals surface area contributed by atoms with Gasteiger partial charge < -0.3 is 5.32 Å². The van der Waals surface area contributed by atoms with E-state index in [1.54, 1.807) is 11.8 Å². The van der Waals surface area contributed by atoms with E-state index in [4.69, 9.17) is 0 Å². The molecule has 0 amide bonds. The first-order chi connectivity index (χ1) is 14.7. The summed E-state index contributed by atoms with van der Waals surface area (Å²) in [7, 11) is 1.93. The second-order valence-electron chi connectivity index (χ2n) is 6.90. The lowest BCUT2D eigenvalue weighted by molar-refractivity contribution is 0.780. The van der Waals surface area contributed by atoms with Crippen molar-refractivity contribution in [3.63, 3.8) is 0 Å². The first kappa shape index (κ1) is 21.7. The van der Waals surface area contributed by atoms with Crippen molar-refractivity contribution in [3.05, 3.63) is 101 Å². The summed E-state index contributed by atoms with van der Waals surface area (Å²) in [4.78, 5) is 6.85. The highest BCUT2D eigenvalue weighted by atomic mass is 32.2. The SMILES string of the molecule is C=C/C=C(\C=C/CCC)SC1=CN=C2CC1=CC=CN2.Cn1cc2ccccc2n1. The Balaban J connectivity index is 0.000000212. The molecule has 3 heterocycles. The largest absolute Gasteiger partial charge is 0.350 e. The molecule has 154 valence electrons. The van der Waals surface area contributed by atoms with Gasteiger partial charge in [0.25, 0.3) is 0 Å². The molecular weight excluding hydrogens is 388 g/mol. The Morgan fingerprint density at radius 1 is 1.33 bits per heavy atom. The molecule has 4 rings (SSSR count). The second kappa shape index (κ2) is 11.2. The Bertz CT molecular complexity index is 1030. The van der Waals surface area contributed by atoms with E-state index in [1.807, 2.05) is 66.8 Å². The van der Waals surface area contributed by atoms with E-state index in [9.17, 15) is 0 Å². The second-order valence-corrected chi connectivity index (χ2v) is 8.02. The van der Waals surface area contributed by atoms with Gasteiger partial charge in [-0.15, -0.1) is 0 Å². The van der Waals surface area contributed by atoms with Crippen LogP contribution in [-0.4, -0.2) is 15.6 Å². The number of unbranched alkanes of at least 4 members (excludes halogenated alkanes) is 1. The number of amidine groups is 1. The lowest BCUT2D eigenvalue weighted by Gasteiger charge is -2.15. The number of aromatic nitrogens is 2. The first-order valence-electron chi connectivity index (χ1n) is 10.1. The van der Waals surface area contributed by atoms with Gasteiger partial charge in [0.05, 0.1) is 5.52 Å². The molecular formula is C25H28N4S. The third kappa shape index (κ3) is 6.22. The van der Waals surface area contributed by atoms with Crippen molar-refractivity contribution in [2.24, 2.45) is 12.0 Å². The van der Waals surface area contributed by atoms with Crippen molar-refractivity contribution < 1.29 is 0 Å². The standard InChI is InChI=1S/C17H20N2S.C8H8N2/c1-3-5-6-10-15(8-4-2)20-16-13-19-17-12-14(16)9-7-11-18-17;1-10-6-7-4-2-3-5-8(7)9-10/h4,6-11,13H,2-3,5,12H2,1H3,(H,18,19);2-6H,1H3/b10-6-,15-8+;. The molecule has 2 aromatic rings. The van der Waals surface area contributed by atoms with Crippen LogP contribution in [0.2, 0.25) is 0 Å². The predicted octanol–water partition coefficient (Wildman–Crippen LogP) is 6.41. The number of nitrogens with zero attached hydrogens (tertiary/aromatic N) is 3. The molecule has 5 heteroatoms. The van der Waals surface area contributed by atoms with E-state index in [1.165, 1.54) is 27.2 Å². The molecule has 2 aliphatic heterocycles. The van der Waals surface area contributed by atoms with Gasteiger partial charge in [0.15, 0.2) is 0 Å². The summed E-state index contributed by atoms with van der Waals surface area (Å²) in [5.74, 6) is 1.00. The van der Waals surface area contributed by atoms with Gasteiger partial charge in [-0.25, -0.2) is 4.99 Å². The smallest absolute Gasteiger partial charge is 0.110 e. The van der Waals surface area contributed by atoms with Gasteiger partial charge in [-0.05, 0) is 30.2 Å². The normalized spacial score (nSPS) is 15.5. The molecule has 1 aromatic carbocycles. The van der Waals surface area contributed by atoms with E-state index >= 15 is 0 Å². The van der Waals surface area contributed by atoms with Gasteiger partial charge in [0.1, 0.15) is 5.84 Å². The summed E-state index contributed by atoms with van der Waals surface area (Å²) in [6.07, 6.45) is 21.4. The molecule has 0 radical (unpaired) electrons. The molecule has 1 N–H and O–H groups in total. The summed E-state index contributed by atoms with van der Waals surface area (Å²) in [5.41, 5.74) is 2.37. The molecule has 0 fully saturated rings. The summed E-state index contributed by atoms with van der Waals surface area (Å²) in [6, 6.07) is 8.08. The van der Waals surface area contributed by atoms with Crippen LogP contribution in [0.1, 0.15) is 26.2 Å². The van der Waals surface area contributed by atoms with Crippen LogP contribution < -0.4 is 5.32 Å². The van der Waals surface area contributed by atoms with Crippen LogP contribution in [0.5, 0.6) is 0 Å². The molecule has 0 saturated carbocycles. The number of hydrogen-bond acceptors (Lipinski definition) is 4. The molecule has 0 saturated heterocycles. The molecule has 0 atom stereocenters. The van der Waals surface area contributed by atoms with Gasteiger partial charge in [0.2, 0.25) is 0 Å². The number of aliphatic imine (C=N–C) groups is 1. The van der Waals surface area contributed by atoms with Crippen LogP contribution in [0.3, 0.4) is 0 Å². The van der Waals surface area contributed by atoms with Crippen molar-refractivity contribution in [2.45, 2.75) is 26.2 Å². The fourth-order valence-electron chi connectivity index (χ4n) is 2.98. The molecule has 0 spiro atoms. The fourth-order valence-corrected chi connectivity index (χ4v) is 3.94. The topological polar surface area (TPSA) is 42.2 Å². The average Bonchev–Trinajstić information content (AvgIpc) is 3.02. The summed E-state index contributed by atoms with van der Waals surface area (Å²) in [5, 5.41) is 8.60. The molecule has 2 bridgehead atoms. The van der Waals surface area contributed by atoms with Crippen LogP contribution in [0.15, 0.2) is 106 Å². The Labute approximate surface area is 183 Å². The molecule has 0 unspecified atom stereocenters. The average molecular weight is 417 g/mol. The van der Waals surface area contributed by atoms with E-state index in [0.717, 1.165) is 24.2 Å². The fraction of sp³-hybridized carbons (Fsp3) is 0.200. The molecule has 1 aromatic heterocycles. The monoisotopic (exact) mass is 416 g/mol. The zero-order valence-electron chi connectivity index (χ0n) is 17.6. The highest BCUT2D eigenvalue weighted by molar-refractivity contribution is 8.07. The van der Waals surface area contributed by atoms with Crippen molar-refractivity contribution in [2.75, 3.05) is 0 Å². The number of rotatable bonds is 6. The third-order valence-corrected chi connectivity index (χ3v) is 5.53. The first-order valence-corrected chi connectivity index (χ1v) is 11.0. The molecule has 0 aliphatic carbocycles. The Kier molecular flexibility index (Phi) is 8.10. The van der Waals surface area contributed by atoms with Gasteiger partial charge in [-0.2, -0.15) is 5.10 Å². The minimum Gasteiger partial charge on any atom is -0.350 e. The molecule has 30 heavy (non-hydrogen) atoms. The number of aryl methyl sites for hydroxylation is 1. The van der Waals surface area contributed by atoms with Crippen molar-refractivity contribution in [3.8, 4) is 0 Å². The highest BCUT2D eigenvalue weighted by Gasteiger charge is 2.15. The van der Waals surface area contributed by atoms with Crippen LogP contribution >= 0.6 is 11.8 Å². The minimum atomic E-state index is 0.867. The molecule has 4 nitrogen and oxygen atoms in total. The number of thioether (sulfide) groups is 1. The van der Waals surface area contributed by atoms with Gasteiger partial charge in [-0.1, -0.05) is 74.2 Å². The van der Waals surface area contributed by atoms with Crippen molar-refractivity contribution >= 4 is 28.5 Å². The maximum Gasteiger partial charge on any atom is 0.110 e. The predicted molar refractivity (Wildman–Crippen MR) is 131 cm³/mol. The Hall–Kier alpha value is -3.05. The van der Waals surface area contributed by atoms with Gasteiger partial charge in [-0.3, -0.25) is 4.68 Å². The number of hydrogen-bond donors (Lipinski definition) is 1. The van der Waals surface area contributed by atoms with Crippen molar-refractivity contribution in [1.29, 1.82) is 0 Å². The lowest BCUT2D eigenvalue weighted by Crippen LogP contribution is -2.18. The van der Waals surface area contributed by atoms with Crippen LogP contribution in [0, 0.1) is 0 Å². The van der Waals surface area contributed by atoms with E-state index in [2.05, 4.69) is 53.2 Å². The zero-order chi connectivity index (χ0) is 21.2. The summed E-state index contributed by atoms with van der Waals surface area (Å²) in [6.45, 7) is 5.98. The van der Waals surface area contributed by atoms with Crippen LogP contribution in [0.25, 0.3) is 10.9 Å². The van der Waals surface area contributed by atoms with Gasteiger partial charge >= 0.3 is 0 Å². The molecule has 2 aliphatic rings. The number of nitrogens with one attached hydrogen (secondary N) is 1. The van der Waals surface area contributed by atoms with E-state index < -0.39 is 0 Å². The minimum absolute atomic E-state index is 0.867. The number of fused-ring (bicyclic) bond motifs is 3. The zero-order valence-corrected chi connectivity index (χ0v) is 18.4. The van der Waals surface area contributed by atoms with E-state index in [-0.39, 0.29) is 0 Å². The van der Waals surface area contributed by atoms with Crippen LogP contribution in [0.4, 0.5) is 0 Å². The highest BCUT2D eigenvalue weighted by Crippen LogP contribution is 2.36. The van der Waals surface area contributed by atoms with Crippen molar-refractivity contribution in [1.82, 2.24) is 15.1 Å². The Morgan fingerprint density at radius 2 is 2.20 bits per heavy atom. The maximum atomic E-state index is 4.45. The number of benzene rings is 1. The summed E-state index contributed by atoms with van der Waals surface area (Å²) >= 11 is 1.75. The van der Waals surface area contributed by atoms with Crippen LogP contribution in [-0.2, 0) is 7.05 Å². The van der Waals surface area contributed by atoms with Gasteiger partial charge in [0, 0.05) is 47.3 Å².